The lowest BCUT2D eigenvalue weighted by molar-refractivity contribution is -0.130. The molecule has 0 spiro atoms. The van der Waals surface area contributed by atoms with Gasteiger partial charge < -0.3 is 20.3 Å². The molecule has 0 aliphatic carbocycles. The van der Waals surface area contributed by atoms with Crippen LogP contribution in [0.2, 0.25) is 0 Å². The minimum absolute atomic E-state index is 0.0339. The van der Waals surface area contributed by atoms with Gasteiger partial charge in [-0.1, -0.05) is 30.3 Å². The van der Waals surface area contributed by atoms with Crippen molar-refractivity contribution in [3.05, 3.63) is 35.9 Å². The molecule has 2 amide bonds. The number of nitrogens with zero attached hydrogens (tertiary/aromatic N) is 1. The summed E-state index contributed by atoms with van der Waals surface area (Å²) in [6.07, 6.45) is 2.55. The van der Waals surface area contributed by atoms with E-state index in [1.54, 1.807) is 0 Å². The van der Waals surface area contributed by atoms with Gasteiger partial charge >= 0.3 is 0 Å². The lowest BCUT2D eigenvalue weighted by atomic mass is 10.1. The Hall–Kier alpha value is -1.92. The zero-order valence-electron chi connectivity index (χ0n) is 14.6. The molecule has 1 aromatic rings. The first-order valence-electron chi connectivity index (χ1n) is 9.13. The van der Waals surface area contributed by atoms with Crippen molar-refractivity contribution in [2.45, 2.75) is 37.8 Å². The highest BCUT2D eigenvalue weighted by Gasteiger charge is 2.27. The number of amides is 2. The minimum atomic E-state index is 0.0339. The van der Waals surface area contributed by atoms with Crippen LogP contribution in [0.15, 0.2) is 30.3 Å². The summed E-state index contributed by atoms with van der Waals surface area (Å²) in [5.41, 5.74) is 1.18. The Bertz CT molecular complexity index is 573. The lowest BCUT2D eigenvalue weighted by Crippen LogP contribution is -2.46. The summed E-state index contributed by atoms with van der Waals surface area (Å²) in [6.45, 7) is 3.44. The van der Waals surface area contributed by atoms with Crippen molar-refractivity contribution in [2.24, 2.45) is 0 Å². The van der Waals surface area contributed by atoms with Crippen LogP contribution < -0.4 is 10.6 Å². The number of aryl methyl sites for hydroxylation is 1. The number of likely N-dealkylation sites (tertiary alicyclic amines) is 1. The summed E-state index contributed by atoms with van der Waals surface area (Å²) < 4.78 is 5.37. The molecule has 2 heterocycles. The molecule has 0 aromatic heterocycles. The van der Waals surface area contributed by atoms with E-state index in [-0.39, 0.29) is 23.9 Å². The minimum Gasteiger partial charge on any atom is -0.378 e. The third kappa shape index (κ3) is 5.54. The van der Waals surface area contributed by atoms with Crippen LogP contribution in [0.3, 0.4) is 0 Å². The van der Waals surface area contributed by atoms with Crippen LogP contribution in [0.1, 0.15) is 24.8 Å². The molecule has 2 aliphatic rings. The highest BCUT2D eigenvalue weighted by atomic mass is 16.5. The molecule has 3 rings (SSSR count). The van der Waals surface area contributed by atoms with Gasteiger partial charge in [-0.15, -0.1) is 0 Å². The van der Waals surface area contributed by atoms with E-state index >= 15 is 0 Å². The van der Waals surface area contributed by atoms with Crippen molar-refractivity contribution in [1.29, 1.82) is 0 Å². The Labute approximate surface area is 148 Å². The van der Waals surface area contributed by atoms with E-state index in [4.69, 9.17) is 4.74 Å². The van der Waals surface area contributed by atoms with Crippen LogP contribution in [0, 0.1) is 0 Å². The second kappa shape index (κ2) is 8.97. The number of hydrogen-bond acceptors (Lipinski definition) is 4. The molecule has 2 unspecified atom stereocenters. The zero-order chi connectivity index (χ0) is 17.5. The highest BCUT2D eigenvalue weighted by Crippen LogP contribution is 2.13. The predicted molar refractivity (Wildman–Crippen MR) is 95.1 cm³/mol. The lowest BCUT2D eigenvalue weighted by Gasteiger charge is -2.24. The van der Waals surface area contributed by atoms with Gasteiger partial charge in [0.1, 0.15) is 0 Å². The maximum absolute atomic E-state index is 12.4. The maximum atomic E-state index is 12.4. The Balaban J connectivity index is 1.37. The maximum Gasteiger partial charge on any atom is 0.222 e. The topological polar surface area (TPSA) is 70.7 Å². The van der Waals surface area contributed by atoms with Gasteiger partial charge in [-0.2, -0.15) is 0 Å². The summed E-state index contributed by atoms with van der Waals surface area (Å²) in [5.74, 6) is 0.203. The van der Waals surface area contributed by atoms with Crippen LogP contribution in [-0.2, 0) is 20.7 Å². The molecule has 0 bridgehead atoms. The number of benzene rings is 1. The first-order chi connectivity index (χ1) is 12.2. The fourth-order valence-corrected chi connectivity index (χ4v) is 3.42. The third-order valence-electron chi connectivity index (χ3n) is 4.81. The molecule has 1 aromatic carbocycles. The van der Waals surface area contributed by atoms with Crippen LogP contribution in [-0.4, -0.2) is 61.6 Å². The normalized spacial score (nSPS) is 23.4. The fourth-order valence-electron chi connectivity index (χ4n) is 3.42. The Kier molecular flexibility index (Phi) is 6.42. The summed E-state index contributed by atoms with van der Waals surface area (Å²) in [6, 6.07) is 10.2. The van der Waals surface area contributed by atoms with E-state index in [0.29, 0.717) is 32.6 Å². The standard InChI is InChI=1S/C19H27N3O3/c23-18(12-17-14-25-11-9-20-17)21-16-8-10-22(13-16)19(24)7-6-15-4-2-1-3-5-15/h1-5,16-17,20H,6-14H2,(H,21,23). The van der Waals surface area contributed by atoms with E-state index < -0.39 is 0 Å². The molecule has 2 fully saturated rings. The summed E-state index contributed by atoms with van der Waals surface area (Å²) >= 11 is 0. The van der Waals surface area contributed by atoms with Gasteiger partial charge in [0, 0.05) is 44.6 Å². The fraction of sp³-hybridized carbons (Fsp3) is 0.579. The first-order valence-corrected chi connectivity index (χ1v) is 9.13. The van der Waals surface area contributed by atoms with Crippen molar-refractivity contribution in [1.82, 2.24) is 15.5 Å². The van der Waals surface area contributed by atoms with E-state index in [2.05, 4.69) is 10.6 Å². The SMILES string of the molecule is O=C(CC1COCCN1)NC1CCN(C(=O)CCc2ccccc2)C1. The number of nitrogens with one attached hydrogen (secondary N) is 2. The van der Waals surface area contributed by atoms with Gasteiger partial charge in [0.15, 0.2) is 0 Å². The van der Waals surface area contributed by atoms with Crippen LogP contribution in [0.5, 0.6) is 0 Å². The molecule has 6 nitrogen and oxygen atoms in total. The Morgan fingerprint density at radius 3 is 2.88 bits per heavy atom. The number of ether oxygens (including phenoxy) is 1. The highest BCUT2D eigenvalue weighted by molar-refractivity contribution is 5.78. The smallest absolute Gasteiger partial charge is 0.222 e. The van der Waals surface area contributed by atoms with Crippen LogP contribution in [0.4, 0.5) is 0 Å². The quantitative estimate of drug-likeness (QED) is 0.797. The van der Waals surface area contributed by atoms with Gasteiger partial charge in [-0.3, -0.25) is 9.59 Å². The average molecular weight is 345 g/mol. The van der Waals surface area contributed by atoms with Crippen molar-refractivity contribution >= 4 is 11.8 Å². The van der Waals surface area contributed by atoms with Gasteiger partial charge in [-0.25, -0.2) is 0 Å². The summed E-state index contributed by atoms with van der Waals surface area (Å²) in [5, 5.41) is 6.34. The molecule has 136 valence electrons. The van der Waals surface area contributed by atoms with Crippen LogP contribution >= 0.6 is 0 Å². The number of hydrogen-bond donors (Lipinski definition) is 2. The molecule has 0 radical (unpaired) electrons. The number of carbonyl (C=O) groups is 2. The monoisotopic (exact) mass is 345 g/mol. The second-order valence-electron chi connectivity index (χ2n) is 6.81. The van der Waals surface area contributed by atoms with E-state index in [1.807, 2.05) is 35.2 Å². The molecule has 2 N–H and O–H groups in total. The molecule has 2 atom stereocenters. The molecular weight excluding hydrogens is 318 g/mol. The summed E-state index contributed by atoms with van der Waals surface area (Å²) in [7, 11) is 0. The number of morpholine rings is 1. The van der Waals surface area contributed by atoms with E-state index in [1.165, 1.54) is 5.56 Å². The Morgan fingerprint density at radius 2 is 2.12 bits per heavy atom. The molecule has 0 saturated carbocycles. The van der Waals surface area contributed by atoms with Crippen molar-refractivity contribution in [2.75, 3.05) is 32.8 Å². The van der Waals surface area contributed by atoms with Gasteiger partial charge in [0.25, 0.3) is 0 Å². The zero-order valence-corrected chi connectivity index (χ0v) is 14.6. The van der Waals surface area contributed by atoms with Gasteiger partial charge in [0.05, 0.1) is 13.2 Å². The second-order valence-corrected chi connectivity index (χ2v) is 6.81. The third-order valence-corrected chi connectivity index (χ3v) is 4.81. The average Bonchev–Trinajstić information content (AvgIpc) is 3.10. The van der Waals surface area contributed by atoms with Gasteiger partial charge in [0.2, 0.25) is 11.8 Å². The molecule has 2 saturated heterocycles. The molecule has 6 heteroatoms. The van der Waals surface area contributed by atoms with E-state index in [0.717, 1.165) is 25.9 Å². The largest absolute Gasteiger partial charge is 0.378 e. The van der Waals surface area contributed by atoms with E-state index in [9.17, 15) is 9.59 Å². The Morgan fingerprint density at radius 1 is 1.28 bits per heavy atom. The molecule has 25 heavy (non-hydrogen) atoms. The first kappa shape index (κ1) is 17.9. The van der Waals surface area contributed by atoms with Crippen molar-refractivity contribution in [3.63, 3.8) is 0 Å². The van der Waals surface area contributed by atoms with Crippen molar-refractivity contribution < 1.29 is 14.3 Å². The van der Waals surface area contributed by atoms with Gasteiger partial charge in [-0.05, 0) is 18.4 Å². The molecular formula is C19H27N3O3. The van der Waals surface area contributed by atoms with Crippen LogP contribution in [0.25, 0.3) is 0 Å². The van der Waals surface area contributed by atoms with Crippen molar-refractivity contribution in [3.8, 4) is 0 Å². The predicted octanol–water partition coefficient (Wildman–Crippen LogP) is 0.715. The number of carbonyl (C=O) groups excluding carboxylic acids is 2. The number of rotatable bonds is 6. The summed E-state index contributed by atoms with van der Waals surface area (Å²) in [4.78, 5) is 26.4. The molecule has 2 aliphatic heterocycles.